The number of halogens is 1. The third-order valence-corrected chi connectivity index (χ3v) is 2.75. The lowest BCUT2D eigenvalue weighted by Crippen LogP contribution is -2.35. The molecule has 0 heterocycles. The average Bonchev–Trinajstić information content (AvgIpc) is 2.29. The Balaban J connectivity index is 2.69. The smallest absolute Gasteiger partial charge is 0.255 e. The molecule has 100 valence electrons. The second-order valence-electron chi connectivity index (χ2n) is 5.05. The number of phenols is 1. The van der Waals surface area contributed by atoms with Gasteiger partial charge in [0.05, 0.1) is 5.56 Å². The molecule has 0 saturated heterocycles. The topological polar surface area (TPSA) is 75.3 Å². The summed E-state index contributed by atoms with van der Waals surface area (Å²) < 4.78 is 13.0. The highest BCUT2D eigenvalue weighted by Crippen LogP contribution is 2.20. The summed E-state index contributed by atoms with van der Waals surface area (Å²) in [6.07, 6.45) is 0.766. The number of benzene rings is 1. The van der Waals surface area contributed by atoms with E-state index < -0.39 is 11.7 Å². The molecule has 4 nitrogen and oxygen atoms in total. The van der Waals surface area contributed by atoms with Gasteiger partial charge in [0, 0.05) is 6.54 Å². The zero-order valence-corrected chi connectivity index (χ0v) is 10.7. The molecule has 0 atom stereocenters. The van der Waals surface area contributed by atoms with Crippen molar-refractivity contribution < 1.29 is 14.3 Å². The maximum Gasteiger partial charge on any atom is 0.255 e. The van der Waals surface area contributed by atoms with Gasteiger partial charge in [0.2, 0.25) is 0 Å². The molecule has 0 aromatic heterocycles. The second kappa shape index (κ2) is 5.82. The van der Waals surface area contributed by atoms with Crippen LogP contribution in [0.5, 0.6) is 5.75 Å². The molecule has 0 radical (unpaired) electrons. The van der Waals surface area contributed by atoms with E-state index in [0.29, 0.717) is 13.1 Å². The van der Waals surface area contributed by atoms with Crippen LogP contribution in [-0.2, 0) is 0 Å². The fourth-order valence-corrected chi connectivity index (χ4v) is 1.58. The number of nitrogens with one attached hydrogen (secondary N) is 1. The standard InChI is InChI=1S/C13H19FN2O2/c1-13(2,5-6-15)8-16-12(18)10-7-9(14)3-4-11(10)17/h3-4,7,17H,5-6,8,15H2,1-2H3,(H,16,18). The number of amides is 1. The fraction of sp³-hybridized carbons (Fsp3) is 0.462. The third-order valence-electron chi connectivity index (χ3n) is 2.75. The van der Waals surface area contributed by atoms with Gasteiger partial charge < -0.3 is 16.2 Å². The molecule has 1 aromatic rings. The normalized spacial score (nSPS) is 11.3. The Hall–Kier alpha value is -1.62. The first-order valence-corrected chi connectivity index (χ1v) is 5.82. The van der Waals surface area contributed by atoms with Gasteiger partial charge in [0.1, 0.15) is 11.6 Å². The van der Waals surface area contributed by atoms with Gasteiger partial charge in [-0.2, -0.15) is 0 Å². The van der Waals surface area contributed by atoms with Crippen LogP contribution in [0.1, 0.15) is 30.6 Å². The molecule has 0 saturated carbocycles. The first kappa shape index (κ1) is 14.4. The predicted molar refractivity (Wildman–Crippen MR) is 67.9 cm³/mol. The van der Waals surface area contributed by atoms with E-state index in [9.17, 15) is 14.3 Å². The van der Waals surface area contributed by atoms with Crippen LogP contribution in [0.15, 0.2) is 18.2 Å². The van der Waals surface area contributed by atoms with Crippen molar-refractivity contribution in [2.45, 2.75) is 20.3 Å². The Morgan fingerprint density at radius 1 is 1.50 bits per heavy atom. The molecule has 1 amide bonds. The highest BCUT2D eigenvalue weighted by Gasteiger charge is 2.19. The van der Waals surface area contributed by atoms with E-state index in [4.69, 9.17) is 5.73 Å². The van der Waals surface area contributed by atoms with Crippen LogP contribution in [0, 0.1) is 11.2 Å². The molecule has 1 rings (SSSR count). The number of nitrogens with two attached hydrogens (primary N) is 1. The van der Waals surface area contributed by atoms with E-state index in [1.165, 1.54) is 0 Å². The number of hydrogen-bond donors (Lipinski definition) is 3. The molecule has 5 heteroatoms. The Morgan fingerprint density at radius 3 is 2.78 bits per heavy atom. The molecule has 0 aliphatic rings. The van der Waals surface area contributed by atoms with Crippen LogP contribution in [-0.4, -0.2) is 24.1 Å². The summed E-state index contributed by atoms with van der Waals surface area (Å²) >= 11 is 0. The molecular weight excluding hydrogens is 235 g/mol. The number of phenolic OH excluding ortho intramolecular Hbond substituents is 1. The number of carbonyl (C=O) groups excluding carboxylic acids is 1. The van der Waals surface area contributed by atoms with Crippen LogP contribution < -0.4 is 11.1 Å². The molecular formula is C13H19FN2O2. The van der Waals surface area contributed by atoms with Crippen molar-refractivity contribution in [3.05, 3.63) is 29.6 Å². The van der Waals surface area contributed by atoms with Crippen LogP contribution in [0.2, 0.25) is 0 Å². The lowest BCUT2D eigenvalue weighted by molar-refractivity contribution is 0.0932. The van der Waals surface area contributed by atoms with E-state index in [1.807, 2.05) is 13.8 Å². The summed E-state index contributed by atoms with van der Waals surface area (Å²) in [5, 5.41) is 12.2. The van der Waals surface area contributed by atoms with Crippen molar-refractivity contribution in [1.82, 2.24) is 5.32 Å². The average molecular weight is 254 g/mol. The van der Waals surface area contributed by atoms with Crippen LogP contribution in [0.3, 0.4) is 0 Å². The van der Waals surface area contributed by atoms with Gasteiger partial charge in [-0.25, -0.2) is 4.39 Å². The van der Waals surface area contributed by atoms with E-state index in [0.717, 1.165) is 24.6 Å². The second-order valence-corrected chi connectivity index (χ2v) is 5.05. The van der Waals surface area contributed by atoms with E-state index in [2.05, 4.69) is 5.32 Å². The number of rotatable bonds is 5. The lowest BCUT2D eigenvalue weighted by Gasteiger charge is -2.24. The SMILES string of the molecule is CC(C)(CCN)CNC(=O)c1cc(F)ccc1O. The quantitative estimate of drug-likeness (QED) is 0.747. The largest absolute Gasteiger partial charge is 0.507 e. The van der Waals surface area contributed by atoms with E-state index >= 15 is 0 Å². The van der Waals surface area contributed by atoms with E-state index in [-0.39, 0.29) is 16.7 Å². The molecule has 0 unspecified atom stereocenters. The van der Waals surface area contributed by atoms with Crippen molar-refractivity contribution in [3.8, 4) is 5.75 Å². The Morgan fingerprint density at radius 2 is 2.17 bits per heavy atom. The van der Waals surface area contributed by atoms with Crippen molar-refractivity contribution in [2.24, 2.45) is 11.1 Å². The molecule has 0 spiro atoms. The molecule has 0 bridgehead atoms. The van der Waals surface area contributed by atoms with Crippen LogP contribution >= 0.6 is 0 Å². The minimum absolute atomic E-state index is 0.0569. The molecule has 18 heavy (non-hydrogen) atoms. The summed E-state index contributed by atoms with van der Waals surface area (Å²) in [5.41, 5.74) is 5.29. The number of aromatic hydroxyl groups is 1. The minimum atomic E-state index is -0.556. The summed E-state index contributed by atoms with van der Waals surface area (Å²) in [6, 6.07) is 3.28. The van der Waals surface area contributed by atoms with Crippen molar-refractivity contribution in [3.63, 3.8) is 0 Å². The first-order chi connectivity index (χ1) is 8.35. The highest BCUT2D eigenvalue weighted by molar-refractivity contribution is 5.96. The van der Waals surface area contributed by atoms with Gasteiger partial charge >= 0.3 is 0 Å². The monoisotopic (exact) mass is 254 g/mol. The van der Waals surface area contributed by atoms with Crippen molar-refractivity contribution in [1.29, 1.82) is 0 Å². The van der Waals surface area contributed by atoms with Crippen LogP contribution in [0.25, 0.3) is 0 Å². The van der Waals surface area contributed by atoms with Gasteiger partial charge in [-0.3, -0.25) is 4.79 Å². The molecule has 0 fully saturated rings. The summed E-state index contributed by atoms with van der Waals surface area (Å²) in [7, 11) is 0. The summed E-state index contributed by atoms with van der Waals surface area (Å²) in [4.78, 5) is 11.8. The first-order valence-electron chi connectivity index (χ1n) is 5.82. The zero-order valence-electron chi connectivity index (χ0n) is 10.7. The highest BCUT2D eigenvalue weighted by atomic mass is 19.1. The number of carbonyl (C=O) groups is 1. The van der Waals surface area contributed by atoms with Gasteiger partial charge in [-0.15, -0.1) is 0 Å². The Labute approximate surface area is 106 Å². The molecule has 0 aliphatic heterocycles. The Bertz CT molecular complexity index is 433. The maximum atomic E-state index is 13.0. The molecule has 0 aliphatic carbocycles. The van der Waals surface area contributed by atoms with Crippen molar-refractivity contribution in [2.75, 3.05) is 13.1 Å². The molecule has 1 aromatic carbocycles. The number of hydrogen-bond acceptors (Lipinski definition) is 3. The van der Waals surface area contributed by atoms with Gasteiger partial charge in [-0.05, 0) is 36.6 Å². The van der Waals surface area contributed by atoms with Gasteiger partial charge in [-0.1, -0.05) is 13.8 Å². The van der Waals surface area contributed by atoms with E-state index in [1.54, 1.807) is 0 Å². The zero-order chi connectivity index (χ0) is 13.8. The lowest BCUT2D eigenvalue weighted by atomic mass is 9.89. The minimum Gasteiger partial charge on any atom is -0.507 e. The van der Waals surface area contributed by atoms with Gasteiger partial charge in [0.15, 0.2) is 0 Å². The summed E-state index contributed by atoms with van der Waals surface area (Å²) in [6.45, 7) is 4.91. The Kier molecular flexibility index (Phi) is 4.67. The summed E-state index contributed by atoms with van der Waals surface area (Å²) in [5.74, 6) is -1.28. The van der Waals surface area contributed by atoms with Crippen LogP contribution in [0.4, 0.5) is 4.39 Å². The third kappa shape index (κ3) is 4.00. The maximum absolute atomic E-state index is 13.0. The predicted octanol–water partition coefficient (Wildman–Crippen LogP) is 1.64. The molecule has 4 N–H and O–H groups in total. The van der Waals surface area contributed by atoms with Crippen molar-refractivity contribution >= 4 is 5.91 Å². The fourth-order valence-electron chi connectivity index (χ4n) is 1.58. The van der Waals surface area contributed by atoms with Gasteiger partial charge in [0.25, 0.3) is 5.91 Å².